The highest BCUT2D eigenvalue weighted by atomic mass is 16.4. The molecule has 1 aliphatic rings. The summed E-state index contributed by atoms with van der Waals surface area (Å²) in [5, 5.41) is 8.80. The number of carboxylic acids is 1. The third kappa shape index (κ3) is 2.43. The summed E-state index contributed by atoms with van der Waals surface area (Å²) >= 11 is 0. The van der Waals surface area contributed by atoms with Crippen molar-refractivity contribution >= 4 is 11.9 Å². The normalized spacial score (nSPS) is 23.7. The number of rotatable bonds is 3. The monoisotopic (exact) mass is 250 g/mol. The van der Waals surface area contributed by atoms with Gasteiger partial charge in [0.25, 0.3) is 0 Å². The van der Waals surface area contributed by atoms with E-state index in [2.05, 4.69) is 40.8 Å². The van der Waals surface area contributed by atoms with Crippen LogP contribution >= 0.6 is 0 Å². The summed E-state index contributed by atoms with van der Waals surface area (Å²) in [5.41, 5.74) is 0.121. The maximum atomic E-state index is 10.7. The van der Waals surface area contributed by atoms with Gasteiger partial charge in [0.1, 0.15) is 0 Å². The first-order chi connectivity index (χ1) is 8.49. The molecule has 6 heteroatoms. The number of aromatic carboxylic acids is 1. The van der Waals surface area contributed by atoms with Crippen molar-refractivity contribution in [2.45, 2.75) is 13.0 Å². The highest BCUT2D eigenvalue weighted by molar-refractivity contribution is 5.86. The van der Waals surface area contributed by atoms with Crippen LogP contribution < -0.4 is 4.90 Å². The molecule has 1 aromatic heterocycles. The number of hydrogen-bond donors (Lipinski definition) is 1. The Morgan fingerprint density at radius 3 is 2.44 bits per heavy atom. The fraction of sp³-hybridized carbons (Fsp3) is 0.583. The summed E-state index contributed by atoms with van der Waals surface area (Å²) in [6, 6.07) is 0.479. The Balaban J connectivity index is 2.11. The Labute approximate surface area is 106 Å². The number of hydrogen-bond acceptors (Lipinski definition) is 5. The summed E-state index contributed by atoms with van der Waals surface area (Å²) in [7, 11) is 4.14. The van der Waals surface area contributed by atoms with Gasteiger partial charge in [-0.15, -0.1) is 0 Å². The van der Waals surface area contributed by atoms with E-state index in [1.54, 1.807) is 0 Å². The largest absolute Gasteiger partial charge is 0.478 e. The van der Waals surface area contributed by atoms with Crippen LogP contribution in [0.25, 0.3) is 0 Å². The molecule has 98 valence electrons. The molecule has 1 saturated heterocycles. The lowest BCUT2D eigenvalue weighted by molar-refractivity contribution is 0.0696. The zero-order valence-corrected chi connectivity index (χ0v) is 10.9. The Kier molecular flexibility index (Phi) is 3.47. The molecule has 1 aromatic rings. The van der Waals surface area contributed by atoms with Gasteiger partial charge in [0.05, 0.1) is 5.56 Å². The minimum absolute atomic E-state index is 0.121. The van der Waals surface area contributed by atoms with Crippen molar-refractivity contribution in [2.24, 2.45) is 5.92 Å². The predicted octanol–water partition coefficient (Wildman–Crippen LogP) is 0.561. The van der Waals surface area contributed by atoms with Crippen LogP contribution in [-0.4, -0.2) is 59.2 Å². The first-order valence-corrected chi connectivity index (χ1v) is 5.95. The average Bonchev–Trinajstić information content (AvgIpc) is 2.71. The third-order valence-corrected chi connectivity index (χ3v) is 3.40. The molecule has 2 heterocycles. The van der Waals surface area contributed by atoms with Gasteiger partial charge in [-0.2, -0.15) is 0 Å². The van der Waals surface area contributed by atoms with Crippen molar-refractivity contribution in [2.75, 3.05) is 32.1 Å². The number of likely N-dealkylation sites (N-methyl/N-ethyl adjacent to an activating group) is 1. The molecule has 0 spiro atoms. The second-order valence-corrected chi connectivity index (χ2v) is 4.99. The number of carbonyl (C=O) groups is 1. The van der Waals surface area contributed by atoms with E-state index < -0.39 is 5.97 Å². The van der Waals surface area contributed by atoms with E-state index >= 15 is 0 Å². The Bertz CT molecular complexity index is 432. The number of carboxylic acid groups (broad SMARTS) is 1. The van der Waals surface area contributed by atoms with E-state index in [0.29, 0.717) is 17.9 Å². The summed E-state index contributed by atoms with van der Waals surface area (Å²) in [6.45, 7) is 3.98. The third-order valence-electron chi connectivity index (χ3n) is 3.40. The minimum Gasteiger partial charge on any atom is -0.478 e. The summed E-state index contributed by atoms with van der Waals surface area (Å²) in [4.78, 5) is 23.3. The topological polar surface area (TPSA) is 69.6 Å². The average molecular weight is 250 g/mol. The SMILES string of the molecule is CC1CN(c2ncc(C(=O)O)cn2)CC1N(C)C. The minimum atomic E-state index is -0.998. The summed E-state index contributed by atoms with van der Waals surface area (Å²) in [6.07, 6.45) is 2.72. The molecular formula is C12H18N4O2. The molecule has 0 amide bonds. The van der Waals surface area contributed by atoms with Crippen molar-refractivity contribution in [3.63, 3.8) is 0 Å². The summed E-state index contributed by atoms with van der Waals surface area (Å²) < 4.78 is 0. The second-order valence-electron chi connectivity index (χ2n) is 4.99. The first kappa shape index (κ1) is 12.8. The lowest BCUT2D eigenvalue weighted by Gasteiger charge is -2.22. The molecule has 0 radical (unpaired) electrons. The molecule has 18 heavy (non-hydrogen) atoms. The molecule has 2 rings (SSSR count). The molecular weight excluding hydrogens is 232 g/mol. The van der Waals surface area contributed by atoms with Gasteiger partial charge in [-0.25, -0.2) is 14.8 Å². The van der Waals surface area contributed by atoms with Crippen LogP contribution in [0.5, 0.6) is 0 Å². The van der Waals surface area contributed by atoms with Crippen molar-refractivity contribution in [3.05, 3.63) is 18.0 Å². The molecule has 1 N–H and O–H groups in total. The number of aromatic nitrogens is 2. The molecule has 0 bridgehead atoms. The van der Waals surface area contributed by atoms with Gasteiger partial charge in [-0.3, -0.25) is 0 Å². The standard InChI is InChI=1S/C12H18N4O2/c1-8-6-16(7-10(8)15(2)3)12-13-4-9(5-14-12)11(17)18/h4-5,8,10H,6-7H2,1-3H3,(H,17,18). The van der Waals surface area contributed by atoms with Gasteiger partial charge in [-0.05, 0) is 20.0 Å². The zero-order valence-electron chi connectivity index (χ0n) is 10.9. The number of anilines is 1. The maximum Gasteiger partial charge on any atom is 0.338 e. The number of nitrogens with zero attached hydrogens (tertiary/aromatic N) is 4. The predicted molar refractivity (Wildman–Crippen MR) is 67.8 cm³/mol. The van der Waals surface area contributed by atoms with Crippen LogP contribution in [0.3, 0.4) is 0 Å². The van der Waals surface area contributed by atoms with E-state index in [1.807, 2.05) is 0 Å². The smallest absolute Gasteiger partial charge is 0.338 e. The van der Waals surface area contributed by atoms with Crippen LogP contribution in [0.2, 0.25) is 0 Å². The van der Waals surface area contributed by atoms with Gasteiger partial charge >= 0.3 is 5.97 Å². The van der Waals surface area contributed by atoms with E-state index in [-0.39, 0.29) is 5.56 Å². The van der Waals surface area contributed by atoms with Crippen LogP contribution in [0, 0.1) is 5.92 Å². The Morgan fingerprint density at radius 1 is 1.39 bits per heavy atom. The van der Waals surface area contributed by atoms with Crippen LogP contribution in [-0.2, 0) is 0 Å². The van der Waals surface area contributed by atoms with Gasteiger partial charge in [0.15, 0.2) is 0 Å². The molecule has 6 nitrogen and oxygen atoms in total. The van der Waals surface area contributed by atoms with Crippen LogP contribution in [0.1, 0.15) is 17.3 Å². The zero-order chi connectivity index (χ0) is 13.3. The Morgan fingerprint density at radius 2 is 2.00 bits per heavy atom. The van der Waals surface area contributed by atoms with Crippen molar-refractivity contribution in [1.82, 2.24) is 14.9 Å². The van der Waals surface area contributed by atoms with E-state index in [9.17, 15) is 4.79 Å². The molecule has 0 aliphatic carbocycles. The van der Waals surface area contributed by atoms with Crippen LogP contribution in [0.4, 0.5) is 5.95 Å². The van der Waals surface area contributed by atoms with E-state index in [1.165, 1.54) is 12.4 Å². The first-order valence-electron chi connectivity index (χ1n) is 5.95. The molecule has 2 atom stereocenters. The summed E-state index contributed by atoms with van der Waals surface area (Å²) in [5.74, 6) is 0.154. The fourth-order valence-electron chi connectivity index (χ4n) is 2.38. The van der Waals surface area contributed by atoms with Gasteiger partial charge in [0, 0.05) is 31.5 Å². The van der Waals surface area contributed by atoms with Gasteiger partial charge in [0.2, 0.25) is 5.95 Å². The van der Waals surface area contributed by atoms with Gasteiger partial charge in [-0.1, -0.05) is 6.92 Å². The van der Waals surface area contributed by atoms with Crippen molar-refractivity contribution in [3.8, 4) is 0 Å². The lowest BCUT2D eigenvalue weighted by Crippen LogP contribution is -2.34. The highest BCUT2D eigenvalue weighted by Crippen LogP contribution is 2.23. The molecule has 0 saturated carbocycles. The molecule has 1 fully saturated rings. The highest BCUT2D eigenvalue weighted by Gasteiger charge is 2.32. The lowest BCUT2D eigenvalue weighted by atomic mass is 10.1. The second kappa shape index (κ2) is 4.89. The molecule has 0 aromatic carbocycles. The molecule has 2 unspecified atom stereocenters. The van der Waals surface area contributed by atoms with Crippen LogP contribution in [0.15, 0.2) is 12.4 Å². The van der Waals surface area contributed by atoms with Crippen molar-refractivity contribution < 1.29 is 9.90 Å². The van der Waals surface area contributed by atoms with Gasteiger partial charge < -0.3 is 14.9 Å². The van der Waals surface area contributed by atoms with E-state index in [0.717, 1.165) is 13.1 Å². The maximum absolute atomic E-state index is 10.7. The Hall–Kier alpha value is -1.69. The van der Waals surface area contributed by atoms with Crippen molar-refractivity contribution in [1.29, 1.82) is 0 Å². The quantitative estimate of drug-likeness (QED) is 0.845. The van der Waals surface area contributed by atoms with E-state index in [4.69, 9.17) is 5.11 Å². The fourth-order valence-corrected chi connectivity index (χ4v) is 2.38. The molecule has 1 aliphatic heterocycles.